The van der Waals surface area contributed by atoms with E-state index in [4.69, 9.17) is 0 Å². The van der Waals surface area contributed by atoms with Gasteiger partial charge in [-0.1, -0.05) is 0 Å². The highest BCUT2D eigenvalue weighted by Gasteiger charge is 2.28. The van der Waals surface area contributed by atoms with Crippen LogP contribution in [-0.2, 0) is 9.59 Å². The number of carbonyl (C=O) groups is 2. The van der Waals surface area contributed by atoms with E-state index in [0.29, 0.717) is 25.1 Å². The van der Waals surface area contributed by atoms with E-state index >= 15 is 0 Å². The Morgan fingerprint density at radius 1 is 1.50 bits per heavy atom. The maximum absolute atomic E-state index is 12.1. The van der Waals surface area contributed by atoms with Crippen LogP contribution in [0.4, 0.5) is 0 Å². The molecule has 2 amide bonds. The molecule has 0 aromatic rings. The predicted octanol–water partition coefficient (Wildman–Crippen LogP) is -0.927. The largest absolute Gasteiger partial charge is 0.332 e. The minimum atomic E-state index is -0.120. The van der Waals surface area contributed by atoms with Gasteiger partial charge < -0.3 is 10.2 Å². The summed E-state index contributed by atoms with van der Waals surface area (Å²) >= 11 is 0. The highest BCUT2D eigenvalue weighted by atomic mass is 16.2. The maximum Gasteiger partial charge on any atom is 0.270 e. The van der Waals surface area contributed by atoms with Gasteiger partial charge in [0.25, 0.3) is 5.91 Å². The summed E-state index contributed by atoms with van der Waals surface area (Å²) in [6.45, 7) is 4.33. The molecule has 2 rings (SSSR count). The first-order valence-electron chi connectivity index (χ1n) is 5.55. The molecule has 0 aromatic heterocycles. The number of rotatable bonds is 1. The summed E-state index contributed by atoms with van der Waals surface area (Å²) in [5.74, 6) is -0.168. The van der Waals surface area contributed by atoms with Crippen molar-refractivity contribution in [1.29, 1.82) is 0 Å². The summed E-state index contributed by atoms with van der Waals surface area (Å²) in [5, 5.41) is 7.05. The third-order valence-electron chi connectivity index (χ3n) is 2.91. The molecule has 1 saturated heterocycles. The Balaban J connectivity index is 2.03. The minimum absolute atomic E-state index is 0.0472. The van der Waals surface area contributed by atoms with Gasteiger partial charge >= 0.3 is 0 Å². The molecule has 0 aliphatic carbocycles. The molecular weight excluding hydrogens is 208 g/mol. The lowest BCUT2D eigenvalue weighted by molar-refractivity contribution is -0.127. The lowest BCUT2D eigenvalue weighted by Gasteiger charge is -2.34. The zero-order chi connectivity index (χ0) is 11.5. The summed E-state index contributed by atoms with van der Waals surface area (Å²) in [7, 11) is 0. The third kappa shape index (κ3) is 2.21. The fourth-order valence-corrected chi connectivity index (χ4v) is 1.94. The van der Waals surface area contributed by atoms with Gasteiger partial charge in [-0.3, -0.25) is 9.59 Å². The number of hydrogen-bond donors (Lipinski definition) is 2. The lowest BCUT2D eigenvalue weighted by atomic mass is 10.1. The molecular formula is C10H16N4O2. The Hall–Kier alpha value is -1.43. The van der Waals surface area contributed by atoms with Crippen LogP contribution in [0.25, 0.3) is 0 Å². The highest BCUT2D eigenvalue weighted by molar-refractivity contribution is 6.39. The van der Waals surface area contributed by atoms with E-state index in [1.165, 1.54) is 0 Å². The second-order valence-electron chi connectivity index (χ2n) is 4.15. The summed E-state index contributed by atoms with van der Waals surface area (Å²) in [6, 6.07) is 0.182. The van der Waals surface area contributed by atoms with Crippen molar-refractivity contribution in [2.45, 2.75) is 25.8 Å². The number of nitrogens with one attached hydrogen (secondary N) is 2. The molecule has 2 aliphatic heterocycles. The van der Waals surface area contributed by atoms with Crippen molar-refractivity contribution in [3.05, 3.63) is 0 Å². The SMILES string of the molecule is C[C@H]1CNCCN1C(=O)C1=NNC(=O)CC1. The van der Waals surface area contributed by atoms with Crippen molar-refractivity contribution in [3.63, 3.8) is 0 Å². The monoisotopic (exact) mass is 224 g/mol. The molecule has 88 valence electrons. The Morgan fingerprint density at radius 2 is 2.31 bits per heavy atom. The van der Waals surface area contributed by atoms with E-state index in [9.17, 15) is 9.59 Å². The van der Waals surface area contributed by atoms with Crippen molar-refractivity contribution in [2.75, 3.05) is 19.6 Å². The van der Waals surface area contributed by atoms with Gasteiger partial charge in [-0.15, -0.1) is 0 Å². The fourth-order valence-electron chi connectivity index (χ4n) is 1.94. The smallest absolute Gasteiger partial charge is 0.270 e. The molecule has 0 unspecified atom stereocenters. The van der Waals surface area contributed by atoms with Crippen LogP contribution in [0.2, 0.25) is 0 Å². The van der Waals surface area contributed by atoms with Gasteiger partial charge in [0.2, 0.25) is 5.91 Å². The Bertz CT molecular complexity index is 340. The normalized spacial score (nSPS) is 26.1. The van der Waals surface area contributed by atoms with Crippen LogP contribution in [0.15, 0.2) is 5.10 Å². The van der Waals surface area contributed by atoms with E-state index in [0.717, 1.165) is 13.1 Å². The van der Waals surface area contributed by atoms with Crippen LogP contribution < -0.4 is 10.7 Å². The third-order valence-corrected chi connectivity index (χ3v) is 2.91. The number of hydrogen-bond acceptors (Lipinski definition) is 4. The molecule has 2 aliphatic rings. The minimum Gasteiger partial charge on any atom is -0.332 e. The van der Waals surface area contributed by atoms with Crippen molar-refractivity contribution in [3.8, 4) is 0 Å². The van der Waals surface area contributed by atoms with Crippen molar-refractivity contribution in [1.82, 2.24) is 15.6 Å². The molecule has 2 heterocycles. The average molecular weight is 224 g/mol. The van der Waals surface area contributed by atoms with Crippen molar-refractivity contribution in [2.24, 2.45) is 5.10 Å². The number of carbonyl (C=O) groups excluding carboxylic acids is 2. The van der Waals surface area contributed by atoms with Gasteiger partial charge in [-0.05, 0) is 6.92 Å². The fraction of sp³-hybridized carbons (Fsp3) is 0.700. The maximum atomic E-state index is 12.1. The standard InChI is InChI=1S/C10H16N4O2/c1-7-6-11-4-5-14(7)10(16)8-2-3-9(15)13-12-8/h7,11H,2-6H2,1H3,(H,13,15)/t7-/m0/s1. The zero-order valence-corrected chi connectivity index (χ0v) is 9.32. The molecule has 6 nitrogen and oxygen atoms in total. The first kappa shape index (κ1) is 11.1. The van der Waals surface area contributed by atoms with Gasteiger partial charge in [0.15, 0.2) is 0 Å². The highest BCUT2D eigenvalue weighted by Crippen LogP contribution is 2.08. The molecule has 1 fully saturated rings. The topological polar surface area (TPSA) is 73.8 Å². The summed E-state index contributed by atoms with van der Waals surface area (Å²) < 4.78 is 0. The second-order valence-corrected chi connectivity index (χ2v) is 4.15. The molecule has 0 saturated carbocycles. The average Bonchev–Trinajstić information content (AvgIpc) is 2.30. The van der Waals surface area contributed by atoms with Crippen LogP contribution in [0, 0.1) is 0 Å². The summed E-state index contributed by atoms with van der Waals surface area (Å²) in [5.41, 5.74) is 2.82. The molecule has 0 bridgehead atoms. The Morgan fingerprint density at radius 3 is 2.94 bits per heavy atom. The quantitative estimate of drug-likeness (QED) is 0.604. The number of amides is 2. The van der Waals surface area contributed by atoms with Gasteiger partial charge in [0, 0.05) is 38.5 Å². The van der Waals surface area contributed by atoms with E-state index in [1.807, 2.05) is 11.8 Å². The molecule has 6 heteroatoms. The molecule has 16 heavy (non-hydrogen) atoms. The first-order valence-corrected chi connectivity index (χ1v) is 5.55. The van der Waals surface area contributed by atoms with Gasteiger partial charge in [0.05, 0.1) is 0 Å². The van der Waals surface area contributed by atoms with E-state index in [-0.39, 0.29) is 17.9 Å². The van der Waals surface area contributed by atoms with Crippen LogP contribution in [0.1, 0.15) is 19.8 Å². The Kier molecular flexibility index (Phi) is 3.19. The number of piperazine rings is 1. The molecule has 0 spiro atoms. The van der Waals surface area contributed by atoms with Gasteiger partial charge in [-0.2, -0.15) is 5.10 Å². The van der Waals surface area contributed by atoms with Crippen molar-refractivity contribution >= 4 is 17.5 Å². The molecule has 1 atom stereocenters. The molecule has 0 aromatic carbocycles. The second kappa shape index (κ2) is 4.61. The van der Waals surface area contributed by atoms with Crippen LogP contribution in [0.3, 0.4) is 0 Å². The zero-order valence-electron chi connectivity index (χ0n) is 9.32. The van der Waals surface area contributed by atoms with Crippen LogP contribution in [-0.4, -0.2) is 48.1 Å². The predicted molar refractivity (Wildman–Crippen MR) is 58.9 cm³/mol. The van der Waals surface area contributed by atoms with E-state index in [2.05, 4.69) is 15.8 Å². The Labute approximate surface area is 94.1 Å². The number of hydrazone groups is 1. The lowest BCUT2D eigenvalue weighted by Crippen LogP contribution is -2.54. The van der Waals surface area contributed by atoms with Crippen molar-refractivity contribution < 1.29 is 9.59 Å². The van der Waals surface area contributed by atoms with Crippen LogP contribution in [0.5, 0.6) is 0 Å². The number of nitrogens with zero attached hydrogens (tertiary/aromatic N) is 2. The van der Waals surface area contributed by atoms with E-state index < -0.39 is 0 Å². The summed E-state index contributed by atoms with van der Waals surface area (Å²) in [6.07, 6.45) is 0.798. The molecule has 0 radical (unpaired) electrons. The van der Waals surface area contributed by atoms with Gasteiger partial charge in [-0.25, -0.2) is 5.43 Å². The molecule has 2 N–H and O–H groups in total. The van der Waals surface area contributed by atoms with E-state index in [1.54, 1.807) is 0 Å². The van der Waals surface area contributed by atoms with Gasteiger partial charge in [0.1, 0.15) is 5.71 Å². The first-order chi connectivity index (χ1) is 7.68. The van der Waals surface area contributed by atoms with Crippen LogP contribution >= 0.6 is 0 Å². The summed E-state index contributed by atoms with van der Waals surface area (Å²) in [4.78, 5) is 24.8.